The van der Waals surface area contributed by atoms with Crippen LogP contribution >= 0.6 is 7.60 Å². The van der Waals surface area contributed by atoms with Gasteiger partial charge in [-0.1, -0.05) is 19.9 Å². The van der Waals surface area contributed by atoms with E-state index in [1.54, 1.807) is 18.3 Å². The van der Waals surface area contributed by atoms with Crippen LogP contribution in [0.1, 0.15) is 75.0 Å². The molecule has 11 heteroatoms. The van der Waals surface area contributed by atoms with Gasteiger partial charge < -0.3 is 24.9 Å². The van der Waals surface area contributed by atoms with Crippen molar-refractivity contribution in [2.45, 2.75) is 77.9 Å². The molecule has 2 aromatic heterocycles. The highest BCUT2D eigenvalue weighted by molar-refractivity contribution is 7.51. The van der Waals surface area contributed by atoms with E-state index >= 15 is 0 Å². The van der Waals surface area contributed by atoms with Crippen LogP contribution < -0.4 is 5.32 Å². The lowest BCUT2D eigenvalue weighted by Crippen LogP contribution is -2.64. The lowest BCUT2D eigenvalue weighted by molar-refractivity contribution is -0.247. The second kappa shape index (κ2) is 10.1. The van der Waals surface area contributed by atoms with Gasteiger partial charge in [-0.15, -0.1) is 0 Å². The first-order valence-corrected chi connectivity index (χ1v) is 15.6. The summed E-state index contributed by atoms with van der Waals surface area (Å²) in [6, 6.07) is 3.55. The van der Waals surface area contributed by atoms with Crippen LogP contribution in [-0.2, 0) is 15.8 Å². The number of carbonyl (C=O) groups is 1. The van der Waals surface area contributed by atoms with Crippen molar-refractivity contribution < 1.29 is 29.0 Å². The summed E-state index contributed by atoms with van der Waals surface area (Å²) in [5, 5.41) is 17.7. The van der Waals surface area contributed by atoms with Gasteiger partial charge in [0.2, 0.25) is 0 Å². The van der Waals surface area contributed by atoms with Crippen LogP contribution in [0.4, 0.5) is 0 Å². The monoisotopic (exact) mass is 560 g/mol. The Labute approximate surface area is 229 Å². The fraction of sp³-hybridized carbons (Fsp3) is 0.679. The van der Waals surface area contributed by atoms with E-state index in [2.05, 4.69) is 28.8 Å². The number of pyridine rings is 1. The predicted octanol–water partition coefficient (Wildman–Crippen LogP) is 4.24. The Kier molecular flexibility index (Phi) is 7.34. The summed E-state index contributed by atoms with van der Waals surface area (Å²) in [5.41, 5.74) is 2.64. The Morgan fingerprint density at radius 3 is 2.49 bits per heavy atom. The topological polar surface area (TPSA) is 147 Å². The number of nitrogens with one attached hydrogen (secondary N) is 1. The molecular weight excluding hydrogens is 519 g/mol. The second-order valence-electron chi connectivity index (χ2n) is 13.2. The number of hydrogen-bond donors (Lipinski definition) is 4. The van der Waals surface area contributed by atoms with E-state index in [4.69, 9.17) is 19.6 Å². The molecule has 0 radical (unpaired) electrons. The van der Waals surface area contributed by atoms with Gasteiger partial charge in [-0.05, 0) is 80.7 Å². The second-order valence-corrected chi connectivity index (χ2v) is 15.0. The molecule has 39 heavy (non-hydrogen) atoms. The van der Waals surface area contributed by atoms with E-state index in [0.29, 0.717) is 31.7 Å². The minimum atomic E-state index is -3.95. The summed E-state index contributed by atoms with van der Waals surface area (Å²) in [6.45, 7) is 9.39. The average Bonchev–Trinajstić information content (AvgIpc) is 3.14. The van der Waals surface area contributed by atoms with E-state index in [1.165, 1.54) is 12.6 Å². The minimum Gasteiger partial charge on any atom is -0.476 e. The largest absolute Gasteiger partial charge is 0.476 e. The highest BCUT2D eigenvalue weighted by Crippen LogP contribution is 2.72. The Morgan fingerprint density at radius 2 is 1.82 bits per heavy atom. The number of ether oxygens (including phenoxy) is 1. The molecule has 0 aromatic carbocycles. The fourth-order valence-electron chi connectivity index (χ4n) is 9.01. The van der Waals surface area contributed by atoms with Crippen LogP contribution in [0.25, 0.3) is 11.1 Å². The molecule has 4 aliphatic rings. The molecule has 0 spiro atoms. The van der Waals surface area contributed by atoms with Crippen molar-refractivity contribution in [3.63, 3.8) is 0 Å². The molecule has 10 nitrogen and oxygen atoms in total. The molecule has 4 aliphatic carbocycles. The van der Waals surface area contributed by atoms with Gasteiger partial charge in [-0.25, -0.2) is 9.78 Å². The Bertz CT molecular complexity index is 1270. The Hall–Kier alpha value is -2.10. The first-order chi connectivity index (χ1) is 18.2. The minimum absolute atomic E-state index is 0.0395. The van der Waals surface area contributed by atoms with E-state index in [1.807, 2.05) is 6.92 Å². The van der Waals surface area contributed by atoms with Crippen molar-refractivity contribution in [2.75, 3.05) is 25.9 Å². The molecule has 4 fully saturated rings. The number of carboxylic acids is 1. The first kappa shape index (κ1) is 28.4. The Morgan fingerprint density at radius 1 is 1.10 bits per heavy atom. The smallest absolute Gasteiger partial charge is 0.355 e. The lowest BCUT2D eigenvalue weighted by Gasteiger charge is -2.69. The molecule has 214 valence electrons. The van der Waals surface area contributed by atoms with E-state index < -0.39 is 13.6 Å². The number of aromatic nitrogens is 3. The third-order valence-electron chi connectivity index (χ3n) is 9.03. The van der Waals surface area contributed by atoms with Crippen molar-refractivity contribution in [3.05, 3.63) is 35.9 Å². The van der Waals surface area contributed by atoms with Crippen LogP contribution in [0.2, 0.25) is 0 Å². The molecule has 4 bridgehead atoms. The average molecular weight is 561 g/mol. The molecule has 2 heterocycles. The molecule has 4 saturated carbocycles. The van der Waals surface area contributed by atoms with Crippen molar-refractivity contribution in [1.82, 2.24) is 20.1 Å². The summed E-state index contributed by atoms with van der Waals surface area (Å²) < 4.78 is 19.8. The molecule has 0 saturated heterocycles. The van der Waals surface area contributed by atoms with Crippen molar-refractivity contribution in [3.8, 4) is 11.1 Å². The van der Waals surface area contributed by atoms with Gasteiger partial charge in [0.05, 0.1) is 24.6 Å². The van der Waals surface area contributed by atoms with E-state index in [9.17, 15) is 14.5 Å². The van der Waals surface area contributed by atoms with Crippen molar-refractivity contribution in [2.24, 2.45) is 16.2 Å². The number of hydrogen-bond acceptors (Lipinski definition) is 6. The SMILES string of the molecule is Cc1c(-c2cccnc2C(=O)O)cnn1CC12CC3(C)CC(C)(C1)CC(OCCNCCCP(=O)(O)O)(C3)C2. The summed E-state index contributed by atoms with van der Waals surface area (Å²) in [5.74, 6) is -1.05. The molecular formula is C28H41N4O6P. The molecule has 2 atom stereocenters. The standard InChI is InChI=1S/C28H41N4O6P/c1-20-22(21-6-4-8-30-23(21)24(33)34)12-31-32(20)19-27-14-25(2)13-26(3,15-27)17-28(16-25,18-27)38-10-9-29-7-5-11-39(35,36)37/h4,6,8,12,29H,5,7,9-11,13-19H2,1-3H3,(H,33,34)(H2,35,36,37). The Balaban J connectivity index is 1.31. The van der Waals surface area contributed by atoms with E-state index in [-0.39, 0.29) is 33.7 Å². The lowest BCUT2D eigenvalue weighted by atomic mass is 9.39. The maximum atomic E-state index is 11.8. The molecule has 2 unspecified atom stereocenters. The third-order valence-corrected chi connectivity index (χ3v) is 9.93. The molecule has 4 N–H and O–H groups in total. The van der Waals surface area contributed by atoms with Crippen LogP contribution in [0.5, 0.6) is 0 Å². The van der Waals surface area contributed by atoms with Gasteiger partial charge in [0.15, 0.2) is 5.69 Å². The summed E-state index contributed by atoms with van der Waals surface area (Å²) in [4.78, 5) is 33.9. The maximum Gasteiger partial charge on any atom is 0.355 e. The van der Waals surface area contributed by atoms with Gasteiger partial charge in [0.1, 0.15) is 0 Å². The van der Waals surface area contributed by atoms with E-state index in [0.717, 1.165) is 49.9 Å². The molecule has 0 amide bonds. The fourth-order valence-corrected chi connectivity index (χ4v) is 9.58. The number of rotatable bonds is 12. The van der Waals surface area contributed by atoms with Gasteiger partial charge >= 0.3 is 13.6 Å². The van der Waals surface area contributed by atoms with Gasteiger partial charge in [-0.3, -0.25) is 9.25 Å². The summed E-state index contributed by atoms with van der Waals surface area (Å²) >= 11 is 0. The quantitative estimate of drug-likeness (QED) is 0.221. The van der Waals surface area contributed by atoms with Gasteiger partial charge in [0.25, 0.3) is 0 Å². The van der Waals surface area contributed by atoms with Crippen molar-refractivity contribution >= 4 is 13.6 Å². The summed E-state index contributed by atoms with van der Waals surface area (Å²) in [6.07, 6.45) is 10.1. The normalized spacial score (nSPS) is 31.6. The zero-order chi connectivity index (χ0) is 28.1. The zero-order valence-electron chi connectivity index (χ0n) is 23.1. The first-order valence-electron chi connectivity index (χ1n) is 13.8. The predicted molar refractivity (Wildman–Crippen MR) is 147 cm³/mol. The highest BCUT2D eigenvalue weighted by atomic mass is 31.2. The number of aromatic carboxylic acids is 1. The van der Waals surface area contributed by atoms with Crippen molar-refractivity contribution in [1.29, 1.82) is 0 Å². The van der Waals surface area contributed by atoms with Gasteiger partial charge in [0, 0.05) is 36.1 Å². The van der Waals surface area contributed by atoms with Crippen LogP contribution in [-0.4, -0.2) is 67.1 Å². The molecule has 0 aliphatic heterocycles. The zero-order valence-corrected chi connectivity index (χ0v) is 24.0. The highest BCUT2D eigenvalue weighted by Gasteiger charge is 2.66. The third kappa shape index (κ3) is 6.00. The molecule has 6 rings (SSSR count). The number of carboxylic acid groups (broad SMARTS) is 1. The number of nitrogens with zero attached hydrogens (tertiary/aromatic N) is 3. The maximum absolute atomic E-state index is 11.8. The van der Waals surface area contributed by atoms with Crippen LogP contribution in [0.3, 0.4) is 0 Å². The summed E-state index contributed by atoms with van der Waals surface area (Å²) in [7, 11) is -3.95. The van der Waals surface area contributed by atoms with Crippen LogP contribution in [0.15, 0.2) is 24.5 Å². The molecule has 2 aromatic rings. The van der Waals surface area contributed by atoms with Crippen LogP contribution in [0, 0.1) is 23.2 Å². The van der Waals surface area contributed by atoms with Gasteiger partial charge in [-0.2, -0.15) is 5.10 Å².